The van der Waals surface area contributed by atoms with Gasteiger partial charge in [0.1, 0.15) is 0 Å². The Bertz CT molecular complexity index is 393. The van der Waals surface area contributed by atoms with E-state index in [1.165, 1.54) is 4.90 Å². The van der Waals surface area contributed by atoms with Crippen LogP contribution in [0.5, 0.6) is 0 Å². The molecule has 0 spiro atoms. The Labute approximate surface area is 118 Å². The highest BCUT2D eigenvalue weighted by molar-refractivity contribution is 5.81. The smallest absolute Gasteiger partial charge is 0.317 e. The summed E-state index contributed by atoms with van der Waals surface area (Å²) in [4.78, 5) is 35.9. The zero-order valence-corrected chi connectivity index (χ0v) is 12.0. The van der Waals surface area contributed by atoms with Gasteiger partial charge in [-0.3, -0.25) is 9.59 Å². The number of amides is 3. The molecule has 114 valence electrons. The monoisotopic (exact) mass is 285 g/mol. The fourth-order valence-corrected chi connectivity index (χ4v) is 2.41. The number of urea groups is 1. The lowest BCUT2D eigenvalue weighted by Crippen LogP contribution is -2.47. The highest BCUT2D eigenvalue weighted by Gasteiger charge is 2.36. The van der Waals surface area contributed by atoms with Crippen LogP contribution < -0.4 is 11.1 Å². The van der Waals surface area contributed by atoms with Gasteiger partial charge in [-0.15, -0.1) is 0 Å². The summed E-state index contributed by atoms with van der Waals surface area (Å²) >= 11 is 0. The Hall–Kier alpha value is -1.79. The van der Waals surface area contributed by atoms with E-state index in [4.69, 9.17) is 5.73 Å². The van der Waals surface area contributed by atoms with Gasteiger partial charge in [-0.05, 0) is 19.3 Å². The fourth-order valence-electron chi connectivity index (χ4n) is 2.41. The molecule has 1 atom stereocenters. The van der Waals surface area contributed by atoms with Crippen LogP contribution >= 0.6 is 0 Å². The van der Waals surface area contributed by atoms with E-state index in [0.29, 0.717) is 32.4 Å². The third kappa shape index (κ3) is 3.40. The van der Waals surface area contributed by atoms with E-state index < -0.39 is 17.3 Å². The number of carbonyl (C=O) groups is 3. The van der Waals surface area contributed by atoms with E-state index in [1.807, 2.05) is 0 Å². The molecule has 1 heterocycles. The number of rotatable bonds is 6. The van der Waals surface area contributed by atoms with Gasteiger partial charge in [0.25, 0.3) is 0 Å². The highest BCUT2D eigenvalue weighted by Crippen LogP contribution is 2.26. The molecule has 0 saturated carbocycles. The van der Waals surface area contributed by atoms with Crippen molar-refractivity contribution in [3.05, 3.63) is 0 Å². The molecule has 0 aliphatic carbocycles. The van der Waals surface area contributed by atoms with Crippen LogP contribution in [-0.4, -0.2) is 47.5 Å². The molecule has 1 aliphatic rings. The molecule has 3 amide bonds. The maximum atomic E-state index is 12.0. The maximum absolute atomic E-state index is 12.0. The average molecular weight is 285 g/mol. The van der Waals surface area contributed by atoms with E-state index in [1.54, 1.807) is 13.8 Å². The molecule has 4 N–H and O–H groups in total. The zero-order chi connectivity index (χ0) is 15.3. The van der Waals surface area contributed by atoms with Crippen molar-refractivity contribution in [3.63, 3.8) is 0 Å². The van der Waals surface area contributed by atoms with Crippen LogP contribution in [0.1, 0.15) is 33.1 Å². The van der Waals surface area contributed by atoms with Crippen LogP contribution in [-0.2, 0) is 9.59 Å². The third-order valence-corrected chi connectivity index (χ3v) is 4.26. The molecule has 0 aromatic carbocycles. The fraction of sp³-hybridized carbons (Fsp3) is 0.769. The second-order valence-electron chi connectivity index (χ2n) is 5.29. The molecule has 0 aromatic heterocycles. The van der Waals surface area contributed by atoms with Crippen molar-refractivity contribution in [3.8, 4) is 0 Å². The molecule has 1 fully saturated rings. The van der Waals surface area contributed by atoms with Crippen LogP contribution in [0.25, 0.3) is 0 Å². The Morgan fingerprint density at radius 2 is 1.95 bits per heavy atom. The molecule has 1 unspecified atom stereocenters. The normalized spacial score (nSPS) is 18.9. The van der Waals surface area contributed by atoms with Crippen molar-refractivity contribution in [2.45, 2.75) is 33.1 Å². The van der Waals surface area contributed by atoms with Gasteiger partial charge in [0.05, 0.1) is 11.3 Å². The summed E-state index contributed by atoms with van der Waals surface area (Å²) in [5, 5.41) is 12.0. The molecular weight excluding hydrogens is 262 g/mol. The molecule has 0 bridgehead atoms. The molecular formula is C13H23N3O4. The lowest BCUT2D eigenvalue weighted by Gasteiger charge is -2.28. The lowest BCUT2D eigenvalue weighted by molar-refractivity contribution is -0.149. The Kier molecular flexibility index (Phi) is 5.35. The van der Waals surface area contributed by atoms with Crippen molar-refractivity contribution in [2.24, 2.45) is 17.1 Å². The number of carbonyl (C=O) groups excluding carboxylic acids is 2. The van der Waals surface area contributed by atoms with Crippen LogP contribution in [0.3, 0.4) is 0 Å². The number of likely N-dealkylation sites (tertiary alicyclic amines) is 1. The van der Waals surface area contributed by atoms with Crippen LogP contribution in [0.4, 0.5) is 4.79 Å². The second-order valence-corrected chi connectivity index (χ2v) is 5.29. The van der Waals surface area contributed by atoms with Gasteiger partial charge in [-0.2, -0.15) is 0 Å². The van der Waals surface area contributed by atoms with Gasteiger partial charge >= 0.3 is 12.0 Å². The zero-order valence-electron chi connectivity index (χ0n) is 12.0. The van der Waals surface area contributed by atoms with Crippen LogP contribution in [0.15, 0.2) is 0 Å². The third-order valence-electron chi connectivity index (χ3n) is 4.26. The Morgan fingerprint density at radius 3 is 2.35 bits per heavy atom. The van der Waals surface area contributed by atoms with Crippen LogP contribution in [0.2, 0.25) is 0 Å². The summed E-state index contributed by atoms with van der Waals surface area (Å²) < 4.78 is 0. The number of hydrogen-bond acceptors (Lipinski definition) is 3. The van der Waals surface area contributed by atoms with Crippen LogP contribution in [0, 0.1) is 11.3 Å². The molecule has 7 nitrogen and oxygen atoms in total. The second kappa shape index (κ2) is 6.58. The van der Waals surface area contributed by atoms with Gasteiger partial charge in [-0.1, -0.05) is 13.8 Å². The van der Waals surface area contributed by atoms with Crippen molar-refractivity contribution in [2.75, 3.05) is 19.6 Å². The lowest BCUT2D eigenvalue weighted by atomic mass is 9.82. The van der Waals surface area contributed by atoms with Gasteiger partial charge in [-0.25, -0.2) is 4.79 Å². The molecule has 1 aliphatic heterocycles. The summed E-state index contributed by atoms with van der Waals surface area (Å²) in [6.07, 6.45) is 1.46. The van der Waals surface area contributed by atoms with Crippen molar-refractivity contribution >= 4 is 17.9 Å². The quantitative estimate of drug-likeness (QED) is 0.655. The standard InChI is InChI=1S/C13H23N3O4/c1-3-13(4-2,11(18)19)8-15-12(20)16-6-5-9(7-16)10(14)17/h9H,3-8H2,1-2H3,(H2,14,17)(H,15,20)(H,18,19). The van der Waals surface area contributed by atoms with E-state index in [9.17, 15) is 19.5 Å². The summed E-state index contributed by atoms with van der Waals surface area (Å²) in [5.41, 5.74) is 4.28. The number of nitrogens with one attached hydrogen (secondary N) is 1. The predicted molar refractivity (Wildman–Crippen MR) is 72.9 cm³/mol. The molecule has 1 saturated heterocycles. The number of hydrogen-bond donors (Lipinski definition) is 3. The minimum atomic E-state index is -0.932. The van der Waals surface area contributed by atoms with Crippen molar-refractivity contribution < 1.29 is 19.5 Å². The van der Waals surface area contributed by atoms with Gasteiger partial charge < -0.3 is 21.1 Å². The first-order chi connectivity index (χ1) is 9.36. The highest BCUT2D eigenvalue weighted by atomic mass is 16.4. The minimum Gasteiger partial charge on any atom is -0.481 e. The first-order valence-electron chi connectivity index (χ1n) is 6.91. The molecule has 20 heavy (non-hydrogen) atoms. The van der Waals surface area contributed by atoms with Gasteiger partial charge in [0.15, 0.2) is 0 Å². The molecule has 0 aromatic rings. The number of aliphatic carboxylic acids is 1. The first kappa shape index (κ1) is 16.3. The van der Waals surface area contributed by atoms with E-state index in [0.717, 1.165) is 0 Å². The van der Waals surface area contributed by atoms with E-state index in [2.05, 4.69) is 5.32 Å². The number of nitrogens with two attached hydrogens (primary N) is 1. The number of nitrogens with zero attached hydrogens (tertiary/aromatic N) is 1. The topological polar surface area (TPSA) is 113 Å². The van der Waals surface area contributed by atoms with Gasteiger partial charge in [0, 0.05) is 19.6 Å². The molecule has 7 heteroatoms. The van der Waals surface area contributed by atoms with Crippen molar-refractivity contribution in [1.29, 1.82) is 0 Å². The number of carboxylic acids is 1. The first-order valence-corrected chi connectivity index (χ1v) is 6.91. The minimum absolute atomic E-state index is 0.0892. The largest absolute Gasteiger partial charge is 0.481 e. The van der Waals surface area contributed by atoms with E-state index in [-0.39, 0.29) is 18.5 Å². The summed E-state index contributed by atoms with van der Waals surface area (Å²) in [7, 11) is 0. The van der Waals surface area contributed by atoms with E-state index >= 15 is 0 Å². The van der Waals surface area contributed by atoms with Gasteiger partial charge in [0.2, 0.25) is 5.91 Å². The average Bonchev–Trinajstić information content (AvgIpc) is 2.89. The predicted octanol–water partition coefficient (Wildman–Crippen LogP) is 0.394. The maximum Gasteiger partial charge on any atom is 0.317 e. The molecule has 0 radical (unpaired) electrons. The Morgan fingerprint density at radius 1 is 1.35 bits per heavy atom. The molecule has 1 rings (SSSR count). The van der Waals surface area contributed by atoms with Crippen molar-refractivity contribution in [1.82, 2.24) is 10.2 Å². The summed E-state index contributed by atoms with van der Waals surface area (Å²) in [6, 6.07) is -0.332. The number of carboxylic acid groups (broad SMARTS) is 1. The summed E-state index contributed by atoms with van der Waals surface area (Å²) in [6.45, 7) is 4.45. The SMILES string of the molecule is CCC(CC)(CNC(=O)N1CCC(C(N)=O)C1)C(=O)O. The number of primary amides is 1. The Balaban J connectivity index is 2.55. The summed E-state index contributed by atoms with van der Waals surface area (Å²) in [5.74, 6) is -1.61.